The van der Waals surface area contributed by atoms with Crippen molar-refractivity contribution in [1.29, 1.82) is 5.26 Å². The average molecular weight is 283 g/mol. The molecule has 0 aliphatic rings. The Kier molecular flexibility index (Phi) is 5.91. The summed E-state index contributed by atoms with van der Waals surface area (Å²) in [5.41, 5.74) is 0.628. The molecule has 4 heteroatoms. The van der Waals surface area contributed by atoms with Gasteiger partial charge in [0.2, 0.25) is 0 Å². The molecule has 0 heterocycles. The normalized spacial score (nSPS) is 9.81. The fourth-order valence-corrected chi connectivity index (χ4v) is 1.72. The largest absolute Gasteiger partial charge is 0.491 e. The molecule has 1 aromatic rings. The summed E-state index contributed by atoms with van der Waals surface area (Å²) in [5.74, 6) is 0.775. The van der Waals surface area contributed by atoms with Gasteiger partial charge in [-0.1, -0.05) is 6.92 Å². The highest BCUT2D eigenvalue weighted by Crippen LogP contribution is 2.25. The molecule has 3 nitrogen and oxygen atoms in total. The summed E-state index contributed by atoms with van der Waals surface area (Å²) in [6.45, 7) is 4.60. The van der Waals surface area contributed by atoms with E-state index < -0.39 is 0 Å². The summed E-state index contributed by atoms with van der Waals surface area (Å²) < 4.78 is 6.39. The van der Waals surface area contributed by atoms with E-state index in [0.29, 0.717) is 12.2 Å². The minimum Gasteiger partial charge on any atom is -0.491 e. The number of rotatable bonds is 6. The number of hydrogen-bond acceptors (Lipinski definition) is 3. The van der Waals surface area contributed by atoms with Crippen molar-refractivity contribution in [2.45, 2.75) is 13.3 Å². The van der Waals surface area contributed by atoms with Crippen LogP contribution in [0.3, 0.4) is 0 Å². The molecule has 0 spiro atoms. The quantitative estimate of drug-likeness (QED) is 0.816. The van der Waals surface area contributed by atoms with Gasteiger partial charge in [0.05, 0.1) is 16.1 Å². The average Bonchev–Trinajstić information content (AvgIpc) is 2.30. The first-order chi connectivity index (χ1) is 7.77. The van der Waals surface area contributed by atoms with Gasteiger partial charge in [0, 0.05) is 6.54 Å². The van der Waals surface area contributed by atoms with Gasteiger partial charge in [0.1, 0.15) is 12.4 Å². The Bertz CT molecular complexity index is 374. The molecule has 1 aromatic carbocycles. The number of benzene rings is 1. The number of ether oxygens (including phenoxy) is 1. The molecule has 0 saturated carbocycles. The molecule has 0 aromatic heterocycles. The van der Waals surface area contributed by atoms with Crippen LogP contribution in [0.1, 0.15) is 18.9 Å². The van der Waals surface area contributed by atoms with Gasteiger partial charge in [-0.2, -0.15) is 5.26 Å². The van der Waals surface area contributed by atoms with Gasteiger partial charge in [-0.3, -0.25) is 0 Å². The molecule has 0 saturated heterocycles. The summed E-state index contributed by atoms with van der Waals surface area (Å²) in [7, 11) is 0. The standard InChI is InChI=1S/C12H15BrN2O/c1-2-5-15-6-7-16-12-4-3-10(9-14)8-11(12)13/h3-4,8,15H,2,5-7H2,1H3. The maximum absolute atomic E-state index is 8.70. The van der Waals surface area contributed by atoms with Crippen LogP contribution in [0.5, 0.6) is 5.75 Å². The summed E-state index contributed by atoms with van der Waals surface area (Å²) >= 11 is 3.37. The summed E-state index contributed by atoms with van der Waals surface area (Å²) in [5, 5.41) is 12.0. The number of nitrogens with zero attached hydrogens (tertiary/aromatic N) is 1. The van der Waals surface area contributed by atoms with Crippen molar-refractivity contribution in [3.05, 3.63) is 28.2 Å². The highest BCUT2D eigenvalue weighted by atomic mass is 79.9. The molecular weight excluding hydrogens is 268 g/mol. The van der Waals surface area contributed by atoms with Gasteiger partial charge in [-0.15, -0.1) is 0 Å². The molecule has 0 aliphatic carbocycles. The van der Waals surface area contributed by atoms with Gasteiger partial charge < -0.3 is 10.1 Å². The first kappa shape index (κ1) is 13.0. The first-order valence-electron chi connectivity index (χ1n) is 5.31. The third kappa shape index (κ3) is 4.21. The Morgan fingerprint density at radius 3 is 2.88 bits per heavy atom. The third-order valence-corrected chi connectivity index (χ3v) is 2.64. The lowest BCUT2D eigenvalue weighted by Gasteiger charge is -2.08. The molecular formula is C12H15BrN2O. The lowest BCUT2D eigenvalue weighted by atomic mass is 10.2. The van der Waals surface area contributed by atoms with Crippen LogP contribution in [0.25, 0.3) is 0 Å². The Hall–Kier alpha value is -1.05. The van der Waals surface area contributed by atoms with Gasteiger partial charge in [-0.05, 0) is 47.1 Å². The van der Waals surface area contributed by atoms with Crippen LogP contribution < -0.4 is 10.1 Å². The van der Waals surface area contributed by atoms with Crippen LogP contribution in [0.2, 0.25) is 0 Å². The van der Waals surface area contributed by atoms with Crippen LogP contribution in [-0.2, 0) is 0 Å². The van der Waals surface area contributed by atoms with Crippen LogP contribution in [0.4, 0.5) is 0 Å². The van der Waals surface area contributed by atoms with Crippen LogP contribution in [0, 0.1) is 11.3 Å². The van der Waals surface area contributed by atoms with E-state index in [2.05, 4.69) is 34.2 Å². The highest BCUT2D eigenvalue weighted by Gasteiger charge is 2.01. The predicted molar refractivity (Wildman–Crippen MR) is 67.5 cm³/mol. The van der Waals surface area contributed by atoms with Crippen molar-refractivity contribution in [3.8, 4) is 11.8 Å². The van der Waals surface area contributed by atoms with E-state index in [1.54, 1.807) is 12.1 Å². The van der Waals surface area contributed by atoms with E-state index in [1.807, 2.05) is 6.07 Å². The van der Waals surface area contributed by atoms with Gasteiger partial charge in [-0.25, -0.2) is 0 Å². The highest BCUT2D eigenvalue weighted by molar-refractivity contribution is 9.10. The smallest absolute Gasteiger partial charge is 0.133 e. The Morgan fingerprint density at radius 2 is 2.25 bits per heavy atom. The van der Waals surface area contributed by atoms with Gasteiger partial charge >= 0.3 is 0 Å². The zero-order valence-corrected chi connectivity index (χ0v) is 10.9. The van der Waals surface area contributed by atoms with E-state index in [0.717, 1.165) is 29.7 Å². The maximum Gasteiger partial charge on any atom is 0.133 e. The SMILES string of the molecule is CCCNCCOc1ccc(C#N)cc1Br. The second-order valence-corrected chi connectivity index (χ2v) is 4.21. The fraction of sp³-hybridized carbons (Fsp3) is 0.417. The lowest BCUT2D eigenvalue weighted by molar-refractivity contribution is 0.312. The van der Waals surface area contributed by atoms with E-state index >= 15 is 0 Å². The van der Waals surface area contributed by atoms with E-state index in [9.17, 15) is 0 Å². The Morgan fingerprint density at radius 1 is 1.44 bits per heavy atom. The third-order valence-electron chi connectivity index (χ3n) is 2.02. The Labute approximate surface area is 105 Å². The van der Waals surface area contributed by atoms with Crippen LogP contribution in [-0.4, -0.2) is 19.7 Å². The number of nitrogens with one attached hydrogen (secondary N) is 1. The second kappa shape index (κ2) is 7.26. The molecule has 1 rings (SSSR count). The lowest BCUT2D eigenvalue weighted by Crippen LogP contribution is -2.21. The van der Waals surface area contributed by atoms with E-state index in [-0.39, 0.29) is 0 Å². The predicted octanol–water partition coefficient (Wildman–Crippen LogP) is 2.70. The van der Waals surface area contributed by atoms with E-state index in [1.165, 1.54) is 0 Å². The van der Waals surface area contributed by atoms with Crippen molar-refractivity contribution in [1.82, 2.24) is 5.32 Å². The molecule has 0 fully saturated rings. The van der Waals surface area contributed by atoms with Crippen molar-refractivity contribution < 1.29 is 4.74 Å². The topological polar surface area (TPSA) is 45.0 Å². The number of halogens is 1. The van der Waals surface area contributed by atoms with E-state index in [4.69, 9.17) is 10.00 Å². The fourth-order valence-electron chi connectivity index (χ4n) is 1.22. The molecule has 86 valence electrons. The molecule has 16 heavy (non-hydrogen) atoms. The monoisotopic (exact) mass is 282 g/mol. The number of nitriles is 1. The molecule has 0 unspecified atom stereocenters. The van der Waals surface area contributed by atoms with Crippen molar-refractivity contribution in [2.24, 2.45) is 0 Å². The molecule has 0 amide bonds. The maximum atomic E-state index is 8.70. The zero-order valence-electron chi connectivity index (χ0n) is 9.29. The molecule has 0 aliphatic heterocycles. The molecule has 0 atom stereocenters. The van der Waals surface area contributed by atoms with Crippen LogP contribution in [0.15, 0.2) is 22.7 Å². The summed E-state index contributed by atoms with van der Waals surface area (Å²) in [6, 6.07) is 7.40. The van der Waals surface area contributed by atoms with Gasteiger partial charge in [0.15, 0.2) is 0 Å². The summed E-state index contributed by atoms with van der Waals surface area (Å²) in [4.78, 5) is 0. The molecule has 1 N–H and O–H groups in total. The summed E-state index contributed by atoms with van der Waals surface area (Å²) in [6.07, 6.45) is 1.13. The molecule has 0 bridgehead atoms. The van der Waals surface area contributed by atoms with Gasteiger partial charge in [0.25, 0.3) is 0 Å². The first-order valence-corrected chi connectivity index (χ1v) is 6.10. The van der Waals surface area contributed by atoms with Crippen molar-refractivity contribution in [3.63, 3.8) is 0 Å². The Balaban J connectivity index is 2.40. The minimum atomic E-state index is 0.628. The van der Waals surface area contributed by atoms with Crippen molar-refractivity contribution in [2.75, 3.05) is 19.7 Å². The van der Waals surface area contributed by atoms with Crippen LogP contribution >= 0.6 is 15.9 Å². The zero-order chi connectivity index (χ0) is 11.8. The van der Waals surface area contributed by atoms with Crippen molar-refractivity contribution >= 4 is 15.9 Å². The second-order valence-electron chi connectivity index (χ2n) is 3.36. The molecule has 0 radical (unpaired) electrons. The number of hydrogen-bond donors (Lipinski definition) is 1. The minimum absolute atomic E-state index is 0.628.